The lowest BCUT2D eigenvalue weighted by Gasteiger charge is -2.09. The lowest BCUT2D eigenvalue weighted by molar-refractivity contribution is 0.101. The van der Waals surface area contributed by atoms with Crippen LogP contribution in [0.5, 0.6) is 0 Å². The molecule has 37 heavy (non-hydrogen) atoms. The van der Waals surface area contributed by atoms with Crippen molar-refractivity contribution in [2.24, 2.45) is 7.05 Å². The second-order valence-corrected chi connectivity index (χ2v) is 8.42. The van der Waals surface area contributed by atoms with Crippen LogP contribution in [0.1, 0.15) is 26.4 Å². The first-order valence-electron chi connectivity index (χ1n) is 11.6. The van der Waals surface area contributed by atoms with Crippen molar-refractivity contribution >= 4 is 23.2 Å². The van der Waals surface area contributed by atoms with Gasteiger partial charge >= 0.3 is 0 Å². The van der Waals surface area contributed by atoms with Gasteiger partial charge < -0.3 is 10.6 Å². The fraction of sp³-hybridized carbons (Fsp3) is 0.0714. The molecule has 2 aromatic heterocycles. The Labute approximate surface area is 212 Å². The Bertz CT molecular complexity index is 1630. The summed E-state index contributed by atoms with van der Waals surface area (Å²) >= 11 is 0. The largest absolute Gasteiger partial charge is 0.322 e. The van der Waals surface area contributed by atoms with Crippen LogP contribution in [0.3, 0.4) is 0 Å². The van der Waals surface area contributed by atoms with Crippen LogP contribution in [-0.2, 0) is 7.05 Å². The summed E-state index contributed by atoms with van der Waals surface area (Å²) in [4.78, 5) is 38.9. The maximum atomic E-state index is 13.1. The average Bonchev–Trinajstić information content (AvgIpc) is 3.53. The third kappa shape index (κ3) is 4.70. The minimum absolute atomic E-state index is 0.197. The van der Waals surface area contributed by atoms with E-state index in [0.717, 1.165) is 5.69 Å². The molecule has 9 nitrogen and oxygen atoms in total. The zero-order chi connectivity index (χ0) is 25.9. The Kier molecular flexibility index (Phi) is 6.25. The summed E-state index contributed by atoms with van der Waals surface area (Å²) in [5.41, 5.74) is 3.24. The maximum absolute atomic E-state index is 13.1. The van der Waals surface area contributed by atoms with Crippen LogP contribution in [0, 0.1) is 6.92 Å². The van der Waals surface area contributed by atoms with Crippen LogP contribution in [0.25, 0.3) is 11.4 Å². The molecule has 0 aliphatic rings. The number of nitrogens with one attached hydrogen (secondary N) is 2. The molecular formula is C28H24N6O3. The van der Waals surface area contributed by atoms with Crippen LogP contribution in [-0.4, -0.2) is 31.0 Å². The van der Waals surface area contributed by atoms with Gasteiger partial charge in [0.1, 0.15) is 5.69 Å². The van der Waals surface area contributed by atoms with E-state index in [4.69, 9.17) is 0 Å². The molecule has 0 bridgehead atoms. The van der Waals surface area contributed by atoms with E-state index < -0.39 is 5.91 Å². The Morgan fingerprint density at radius 1 is 0.784 bits per heavy atom. The van der Waals surface area contributed by atoms with E-state index in [0.29, 0.717) is 28.2 Å². The van der Waals surface area contributed by atoms with Gasteiger partial charge in [0, 0.05) is 36.3 Å². The van der Waals surface area contributed by atoms with E-state index >= 15 is 0 Å². The molecule has 2 N–H and O–H groups in total. The van der Waals surface area contributed by atoms with Crippen molar-refractivity contribution in [2.75, 3.05) is 10.6 Å². The van der Waals surface area contributed by atoms with Gasteiger partial charge in [-0.1, -0.05) is 24.3 Å². The zero-order valence-corrected chi connectivity index (χ0v) is 20.3. The van der Waals surface area contributed by atoms with Crippen LogP contribution in [0.15, 0.2) is 102 Å². The van der Waals surface area contributed by atoms with E-state index in [1.165, 1.54) is 4.68 Å². The number of amides is 2. The normalized spacial score (nSPS) is 10.8. The average molecular weight is 493 g/mol. The topological polar surface area (TPSA) is 103 Å². The molecule has 0 atom stereocenters. The van der Waals surface area contributed by atoms with Gasteiger partial charge in [-0.25, -0.2) is 9.36 Å². The highest BCUT2D eigenvalue weighted by Gasteiger charge is 2.19. The van der Waals surface area contributed by atoms with Gasteiger partial charge in [0.2, 0.25) is 0 Å². The van der Waals surface area contributed by atoms with E-state index in [2.05, 4.69) is 15.7 Å². The highest BCUT2D eigenvalue weighted by Crippen LogP contribution is 2.18. The van der Waals surface area contributed by atoms with Crippen LogP contribution >= 0.6 is 0 Å². The summed E-state index contributed by atoms with van der Waals surface area (Å²) in [5, 5.41) is 9.73. The minimum atomic E-state index is -0.453. The van der Waals surface area contributed by atoms with Crippen molar-refractivity contribution in [2.45, 2.75) is 6.92 Å². The first-order chi connectivity index (χ1) is 17.9. The molecule has 2 amide bonds. The third-order valence-corrected chi connectivity index (χ3v) is 6.07. The fourth-order valence-corrected chi connectivity index (χ4v) is 4.03. The molecule has 9 heteroatoms. The van der Waals surface area contributed by atoms with E-state index in [-0.39, 0.29) is 17.2 Å². The highest BCUT2D eigenvalue weighted by molar-refractivity contribution is 6.07. The van der Waals surface area contributed by atoms with E-state index in [1.807, 2.05) is 42.6 Å². The third-order valence-electron chi connectivity index (χ3n) is 6.07. The number of para-hydroxylation sites is 1. The number of carbonyl (C=O) groups is 2. The molecule has 184 valence electrons. The molecule has 0 unspecified atom stereocenters. The number of nitrogens with zero attached hydrogens (tertiary/aromatic N) is 4. The van der Waals surface area contributed by atoms with Crippen LogP contribution < -0.4 is 16.2 Å². The van der Waals surface area contributed by atoms with E-state index in [1.54, 1.807) is 78.1 Å². The van der Waals surface area contributed by atoms with Crippen molar-refractivity contribution in [3.8, 4) is 11.4 Å². The van der Waals surface area contributed by atoms with Crippen LogP contribution in [0.2, 0.25) is 0 Å². The quantitative estimate of drug-likeness (QED) is 0.371. The standard InChI is InChI=1S/C28H24N6O3/c1-19-25(28(37)34(32(19)2)24-10-4-3-5-11-24)31-27(36)21-8-6-9-22(18-21)30-26(35)20-12-14-23(15-13-20)33-17-7-16-29-33/h3-18H,1-2H3,(H,30,35)(H,31,36). The molecule has 0 radical (unpaired) electrons. The molecule has 0 spiro atoms. The van der Waals surface area contributed by atoms with Gasteiger partial charge in [-0.15, -0.1) is 0 Å². The number of anilines is 2. The van der Waals surface area contributed by atoms with Crippen molar-refractivity contribution < 1.29 is 9.59 Å². The first kappa shape index (κ1) is 23.6. The number of hydrogen-bond donors (Lipinski definition) is 2. The molecule has 0 saturated carbocycles. The minimum Gasteiger partial charge on any atom is -0.322 e. The Hall–Kier alpha value is -5.18. The Morgan fingerprint density at radius 3 is 2.22 bits per heavy atom. The molecule has 2 heterocycles. The van der Waals surface area contributed by atoms with Crippen molar-refractivity contribution in [1.82, 2.24) is 19.1 Å². The molecule has 0 aliphatic heterocycles. The Morgan fingerprint density at radius 2 is 1.51 bits per heavy atom. The van der Waals surface area contributed by atoms with Gasteiger partial charge in [0.15, 0.2) is 0 Å². The molecule has 0 saturated heterocycles. The summed E-state index contributed by atoms with van der Waals surface area (Å²) in [6, 6.07) is 24.6. The molecule has 0 fully saturated rings. The fourth-order valence-electron chi connectivity index (χ4n) is 4.03. The lowest BCUT2D eigenvalue weighted by atomic mass is 10.1. The first-order valence-corrected chi connectivity index (χ1v) is 11.6. The summed E-state index contributed by atoms with van der Waals surface area (Å²) in [6.45, 7) is 1.77. The number of rotatable bonds is 6. The van der Waals surface area contributed by atoms with Gasteiger partial charge in [0.25, 0.3) is 17.4 Å². The zero-order valence-electron chi connectivity index (χ0n) is 20.3. The summed E-state index contributed by atoms with van der Waals surface area (Å²) in [7, 11) is 1.76. The summed E-state index contributed by atoms with van der Waals surface area (Å²) < 4.78 is 4.90. The molecule has 5 rings (SSSR count). The van der Waals surface area contributed by atoms with Gasteiger partial charge in [-0.3, -0.25) is 19.1 Å². The number of hydrogen-bond acceptors (Lipinski definition) is 4. The highest BCUT2D eigenvalue weighted by atomic mass is 16.2. The number of carbonyl (C=O) groups excluding carboxylic acids is 2. The maximum Gasteiger partial charge on any atom is 0.295 e. The van der Waals surface area contributed by atoms with Crippen molar-refractivity contribution in [1.29, 1.82) is 0 Å². The van der Waals surface area contributed by atoms with Crippen molar-refractivity contribution in [3.05, 3.63) is 124 Å². The molecular weight excluding hydrogens is 468 g/mol. The van der Waals surface area contributed by atoms with Crippen LogP contribution in [0.4, 0.5) is 11.4 Å². The van der Waals surface area contributed by atoms with Gasteiger partial charge in [-0.05, 0) is 67.6 Å². The molecule has 3 aromatic carbocycles. The number of benzene rings is 3. The summed E-state index contributed by atoms with van der Waals surface area (Å²) in [5.74, 6) is -0.764. The summed E-state index contributed by atoms with van der Waals surface area (Å²) in [6.07, 6.45) is 3.50. The number of aromatic nitrogens is 4. The van der Waals surface area contributed by atoms with Crippen molar-refractivity contribution in [3.63, 3.8) is 0 Å². The smallest absolute Gasteiger partial charge is 0.295 e. The second-order valence-electron chi connectivity index (χ2n) is 8.42. The van der Waals surface area contributed by atoms with E-state index in [9.17, 15) is 14.4 Å². The van der Waals surface area contributed by atoms with Gasteiger partial charge in [0.05, 0.1) is 17.1 Å². The molecule has 0 aliphatic carbocycles. The monoisotopic (exact) mass is 492 g/mol. The Balaban J connectivity index is 1.32. The molecule has 5 aromatic rings. The second kappa shape index (κ2) is 9.82. The SMILES string of the molecule is Cc1c(NC(=O)c2cccc(NC(=O)c3ccc(-n4cccn4)cc3)c2)c(=O)n(-c2ccccc2)n1C. The van der Waals surface area contributed by atoms with Gasteiger partial charge in [-0.2, -0.15) is 5.10 Å². The predicted molar refractivity (Wildman–Crippen MR) is 142 cm³/mol. The predicted octanol–water partition coefficient (Wildman–Crippen LogP) is 4.17. The lowest BCUT2D eigenvalue weighted by Crippen LogP contribution is -2.23.